The van der Waals surface area contributed by atoms with Gasteiger partial charge in [-0.05, 0) is 61.6 Å². The zero-order valence-corrected chi connectivity index (χ0v) is 14.5. The lowest BCUT2D eigenvalue weighted by Gasteiger charge is -2.14. The number of hydrogen-bond acceptors (Lipinski definition) is 2. The van der Waals surface area contributed by atoms with Gasteiger partial charge >= 0.3 is 0 Å². The van der Waals surface area contributed by atoms with E-state index >= 15 is 0 Å². The summed E-state index contributed by atoms with van der Waals surface area (Å²) in [6, 6.07) is 7.57. The molecule has 0 aliphatic rings. The number of aromatic amines is 1. The topological polar surface area (TPSA) is 40.7 Å². The van der Waals surface area contributed by atoms with E-state index in [0.717, 1.165) is 34.9 Å². The van der Waals surface area contributed by atoms with Crippen LogP contribution in [0.1, 0.15) is 36.2 Å². The van der Waals surface area contributed by atoms with E-state index in [1.54, 1.807) is 18.3 Å². The van der Waals surface area contributed by atoms with Gasteiger partial charge in [-0.25, -0.2) is 4.39 Å². The first-order chi connectivity index (χ1) is 11.6. The van der Waals surface area contributed by atoms with Crippen LogP contribution in [0.3, 0.4) is 0 Å². The van der Waals surface area contributed by atoms with Gasteiger partial charge in [0.05, 0.1) is 5.52 Å². The molecular weight excluding hydrogens is 301 g/mol. The average molecular weight is 325 g/mol. The van der Waals surface area contributed by atoms with Crippen molar-refractivity contribution in [1.82, 2.24) is 15.3 Å². The van der Waals surface area contributed by atoms with Crippen LogP contribution in [-0.2, 0) is 19.4 Å². The molecule has 0 radical (unpaired) electrons. The molecule has 2 heterocycles. The summed E-state index contributed by atoms with van der Waals surface area (Å²) in [6.07, 6.45) is 5.49. The van der Waals surface area contributed by atoms with Crippen LogP contribution in [0.4, 0.5) is 4.39 Å². The summed E-state index contributed by atoms with van der Waals surface area (Å²) in [7, 11) is 0. The zero-order valence-electron chi connectivity index (χ0n) is 14.5. The monoisotopic (exact) mass is 325 g/mol. The van der Waals surface area contributed by atoms with Crippen LogP contribution in [0.5, 0.6) is 0 Å². The molecule has 3 nitrogen and oxygen atoms in total. The van der Waals surface area contributed by atoms with Crippen LogP contribution < -0.4 is 5.32 Å². The second-order valence-electron chi connectivity index (χ2n) is 6.42. The van der Waals surface area contributed by atoms with Crippen LogP contribution >= 0.6 is 0 Å². The van der Waals surface area contributed by atoms with Gasteiger partial charge in [-0.2, -0.15) is 0 Å². The lowest BCUT2D eigenvalue weighted by molar-refractivity contribution is 0.543. The SMILES string of the molecule is CCc1[nH]c2c(CNC(C)Cc3cccnc3)cc(F)cc2c1C. The molecule has 4 heteroatoms. The molecule has 0 aliphatic carbocycles. The Hall–Kier alpha value is -2.20. The quantitative estimate of drug-likeness (QED) is 0.709. The van der Waals surface area contributed by atoms with Crippen molar-refractivity contribution < 1.29 is 4.39 Å². The van der Waals surface area contributed by atoms with Gasteiger partial charge in [0.1, 0.15) is 5.82 Å². The summed E-state index contributed by atoms with van der Waals surface area (Å²) in [5.74, 6) is -0.177. The maximum Gasteiger partial charge on any atom is 0.124 e. The molecule has 0 saturated carbocycles. The maximum absolute atomic E-state index is 14.0. The maximum atomic E-state index is 14.0. The minimum absolute atomic E-state index is 0.177. The molecule has 24 heavy (non-hydrogen) atoms. The fourth-order valence-electron chi connectivity index (χ4n) is 3.24. The molecular formula is C20H24FN3. The van der Waals surface area contributed by atoms with E-state index in [1.165, 1.54) is 11.3 Å². The van der Waals surface area contributed by atoms with E-state index in [2.05, 4.69) is 42.1 Å². The van der Waals surface area contributed by atoms with Gasteiger partial charge in [0.15, 0.2) is 0 Å². The Morgan fingerprint density at radius 2 is 2.17 bits per heavy atom. The van der Waals surface area contributed by atoms with E-state index in [0.29, 0.717) is 6.54 Å². The van der Waals surface area contributed by atoms with E-state index in [4.69, 9.17) is 0 Å². The third-order valence-corrected chi connectivity index (χ3v) is 4.58. The van der Waals surface area contributed by atoms with Crippen molar-refractivity contribution in [3.05, 3.63) is 64.9 Å². The summed E-state index contributed by atoms with van der Waals surface area (Å²) in [5.41, 5.74) is 5.56. The molecule has 0 aliphatic heterocycles. The summed E-state index contributed by atoms with van der Waals surface area (Å²) < 4.78 is 14.0. The van der Waals surface area contributed by atoms with Crippen LogP contribution in [-0.4, -0.2) is 16.0 Å². The average Bonchev–Trinajstić information content (AvgIpc) is 2.90. The fraction of sp³-hybridized carbons (Fsp3) is 0.350. The van der Waals surface area contributed by atoms with E-state index in [-0.39, 0.29) is 11.9 Å². The summed E-state index contributed by atoms with van der Waals surface area (Å²) in [4.78, 5) is 7.61. The minimum atomic E-state index is -0.177. The van der Waals surface area contributed by atoms with Crippen molar-refractivity contribution in [2.75, 3.05) is 0 Å². The molecule has 3 rings (SSSR count). The molecule has 2 N–H and O–H groups in total. The van der Waals surface area contributed by atoms with Gasteiger partial charge in [-0.15, -0.1) is 0 Å². The number of nitrogens with one attached hydrogen (secondary N) is 2. The molecule has 0 spiro atoms. The van der Waals surface area contributed by atoms with E-state index in [1.807, 2.05) is 12.3 Å². The Morgan fingerprint density at radius 3 is 2.88 bits per heavy atom. The summed E-state index contributed by atoms with van der Waals surface area (Å²) in [6.45, 7) is 6.95. The van der Waals surface area contributed by atoms with Crippen molar-refractivity contribution in [2.45, 2.75) is 46.2 Å². The lowest BCUT2D eigenvalue weighted by Crippen LogP contribution is -2.27. The molecule has 2 aromatic heterocycles. The molecule has 0 saturated heterocycles. The molecule has 1 atom stereocenters. The molecule has 126 valence electrons. The van der Waals surface area contributed by atoms with Gasteiger partial charge in [-0.1, -0.05) is 13.0 Å². The highest BCUT2D eigenvalue weighted by molar-refractivity contribution is 5.87. The fourth-order valence-corrected chi connectivity index (χ4v) is 3.24. The van der Waals surface area contributed by atoms with Crippen molar-refractivity contribution in [2.24, 2.45) is 0 Å². The second kappa shape index (κ2) is 7.14. The highest BCUT2D eigenvalue weighted by Crippen LogP contribution is 2.26. The Labute approximate surface area is 142 Å². The van der Waals surface area contributed by atoms with E-state index < -0.39 is 0 Å². The highest BCUT2D eigenvalue weighted by Gasteiger charge is 2.13. The van der Waals surface area contributed by atoms with E-state index in [9.17, 15) is 4.39 Å². The number of hydrogen-bond donors (Lipinski definition) is 2. The minimum Gasteiger partial charge on any atom is -0.358 e. The number of aryl methyl sites for hydroxylation is 2. The smallest absolute Gasteiger partial charge is 0.124 e. The highest BCUT2D eigenvalue weighted by atomic mass is 19.1. The van der Waals surface area contributed by atoms with Gasteiger partial charge in [-0.3, -0.25) is 4.98 Å². The third-order valence-electron chi connectivity index (χ3n) is 4.58. The number of aromatic nitrogens is 2. The van der Waals surface area contributed by atoms with Gasteiger partial charge in [0, 0.05) is 36.1 Å². The number of fused-ring (bicyclic) bond motifs is 1. The van der Waals surface area contributed by atoms with Gasteiger partial charge in [0.25, 0.3) is 0 Å². The summed E-state index contributed by atoms with van der Waals surface area (Å²) >= 11 is 0. The van der Waals surface area contributed by atoms with Gasteiger partial charge < -0.3 is 10.3 Å². The standard InChI is InChI=1S/C20H24FN3/c1-4-19-14(3)18-10-17(21)9-16(20(18)24-19)12-23-13(2)8-15-6-5-7-22-11-15/h5-7,9-11,13,23-24H,4,8,12H2,1-3H3. The van der Waals surface area contributed by atoms with Crippen LogP contribution in [0.2, 0.25) is 0 Å². The predicted molar refractivity (Wildman–Crippen MR) is 96.6 cm³/mol. The Balaban J connectivity index is 1.77. The number of rotatable bonds is 6. The molecule has 1 aromatic carbocycles. The molecule has 0 fully saturated rings. The number of halogens is 1. The van der Waals surface area contributed by atoms with Crippen LogP contribution in [0, 0.1) is 12.7 Å². The largest absolute Gasteiger partial charge is 0.358 e. The molecule has 3 aromatic rings. The van der Waals surface area contributed by atoms with Gasteiger partial charge in [0.2, 0.25) is 0 Å². The van der Waals surface area contributed by atoms with Crippen LogP contribution in [0.15, 0.2) is 36.7 Å². The first-order valence-corrected chi connectivity index (χ1v) is 8.50. The molecule has 1 unspecified atom stereocenters. The third kappa shape index (κ3) is 3.49. The number of nitrogens with zero attached hydrogens (tertiary/aromatic N) is 1. The number of pyridine rings is 1. The van der Waals surface area contributed by atoms with Crippen molar-refractivity contribution in [3.8, 4) is 0 Å². The first kappa shape index (κ1) is 16.7. The Morgan fingerprint density at radius 1 is 1.33 bits per heavy atom. The van der Waals surface area contributed by atoms with Crippen LogP contribution in [0.25, 0.3) is 10.9 Å². The lowest BCUT2D eigenvalue weighted by atomic mass is 10.1. The zero-order chi connectivity index (χ0) is 17.1. The molecule has 0 amide bonds. The number of H-pyrrole nitrogens is 1. The second-order valence-corrected chi connectivity index (χ2v) is 6.42. The predicted octanol–water partition coefficient (Wildman–Crippen LogP) is 4.29. The van der Waals surface area contributed by atoms with Crippen molar-refractivity contribution in [3.63, 3.8) is 0 Å². The Kier molecular flexibility index (Phi) is 4.95. The summed E-state index contributed by atoms with van der Waals surface area (Å²) in [5, 5.41) is 4.49. The van der Waals surface area contributed by atoms with Crippen molar-refractivity contribution in [1.29, 1.82) is 0 Å². The Bertz CT molecular complexity index is 824. The molecule has 0 bridgehead atoms. The first-order valence-electron chi connectivity index (χ1n) is 8.50. The number of benzene rings is 1. The van der Waals surface area contributed by atoms with Crippen molar-refractivity contribution >= 4 is 10.9 Å². The normalized spacial score (nSPS) is 12.7.